The van der Waals surface area contributed by atoms with Gasteiger partial charge in [-0.1, -0.05) is 91.0 Å². The van der Waals surface area contributed by atoms with Crippen LogP contribution in [0.15, 0.2) is 91.0 Å². The van der Waals surface area contributed by atoms with E-state index in [-0.39, 0.29) is 32.7 Å². The Hall–Kier alpha value is -0.586. The van der Waals surface area contributed by atoms with Crippen molar-refractivity contribution in [1.29, 1.82) is 0 Å². The molecule has 3 heteroatoms. The molecule has 0 amide bonds. The zero-order valence-electron chi connectivity index (χ0n) is 13.9. The fourth-order valence-electron chi connectivity index (χ4n) is 2.44. The molecule has 0 N–H and O–H groups in total. The van der Waals surface area contributed by atoms with E-state index in [4.69, 9.17) is 6.30 Å². The molecule has 0 saturated heterocycles. The van der Waals surface area contributed by atoms with Crippen LogP contribution in [-0.2, 0) is 32.7 Å². The molecule has 0 atom stereocenters. The van der Waals surface area contributed by atoms with Gasteiger partial charge in [-0.05, 0) is 22.2 Å². The second-order valence-corrected chi connectivity index (χ2v) is 8.59. The third-order valence-electron chi connectivity index (χ3n) is 3.49. The van der Waals surface area contributed by atoms with Crippen LogP contribution in [0.25, 0.3) is 0 Å². The van der Waals surface area contributed by atoms with E-state index in [0.717, 1.165) is 0 Å². The molecule has 0 fully saturated rings. The Morgan fingerprint density at radius 1 is 0.667 bits per heavy atom. The molecule has 3 rings (SSSR count). The molecule has 0 saturated carbocycles. The minimum atomic E-state index is -2.03. The Kier molecular flexibility index (Phi) is 9.93. The molecular weight excluding hydrogens is 404 g/mol. The van der Waals surface area contributed by atoms with Crippen LogP contribution in [0.4, 0.5) is 0 Å². The zero-order chi connectivity index (χ0) is 16.5. The molecule has 0 aliphatic rings. The van der Waals surface area contributed by atoms with E-state index >= 15 is 0 Å². The molecule has 0 bridgehead atoms. The van der Waals surface area contributed by atoms with Gasteiger partial charge in [-0.3, -0.25) is 6.26 Å². The van der Waals surface area contributed by atoms with E-state index < -0.39 is 6.89 Å². The molecule has 24 heavy (non-hydrogen) atoms. The number of thioether (sulfide) groups is 1. The smallest absolute Gasteiger partial charge is 0.496 e. The molecule has 0 spiro atoms. The number of rotatable bonds is 3. The van der Waals surface area contributed by atoms with Crippen LogP contribution in [0.5, 0.6) is 0 Å². The van der Waals surface area contributed by atoms with Crippen molar-refractivity contribution in [3.63, 3.8) is 0 Å². The van der Waals surface area contributed by atoms with Crippen molar-refractivity contribution in [3.8, 4) is 0 Å². The SMILES string of the molecule is [CH-]=P(c1ccccc1)(c1ccccc1)c1ccccc1.[CH2-]SC.[Y+3]. The Balaban J connectivity index is 0.000000671. The van der Waals surface area contributed by atoms with E-state index in [1.165, 1.54) is 27.7 Å². The molecule has 0 aliphatic heterocycles. The summed E-state index contributed by atoms with van der Waals surface area (Å²) in [7, 11) is 0. The van der Waals surface area contributed by atoms with E-state index in [0.29, 0.717) is 0 Å². The second-order valence-electron chi connectivity index (χ2n) is 5.02. The third kappa shape index (κ3) is 5.20. The number of benzene rings is 3. The molecule has 0 radical (unpaired) electrons. The Morgan fingerprint density at radius 3 is 1.08 bits per heavy atom. The monoisotopic (exact) mass is 425 g/mol. The maximum absolute atomic E-state index is 6.97. The minimum Gasteiger partial charge on any atom is -0.496 e. The summed E-state index contributed by atoms with van der Waals surface area (Å²) in [5.74, 6) is 0. The van der Waals surface area contributed by atoms with Crippen molar-refractivity contribution >= 4 is 40.9 Å². The van der Waals surface area contributed by atoms with Crippen molar-refractivity contribution in [2.75, 3.05) is 6.26 Å². The predicted molar refractivity (Wildman–Crippen MR) is 110 cm³/mol. The van der Waals surface area contributed by atoms with Gasteiger partial charge in [-0.2, -0.15) is 6.89 Å². The van der Waals surface area contributed by atoms with Gasteiger partial charge in [0.2, 0.25) is 0 Å². The molecule has 0 nitrogen and oxygen atoms in total. The van der Waals surface area contributed by atoms with Crippen LogP contribution in [0.1, 0.15) is 0 Å². The van der Waals surface area contributed by atoms with Crippen LogP contribution in [0.3, 0.4) is 0 Å². The van der Waals surface area contributed by atoms with Crippen molar-refractivity contribution in [2.45, 2.75) is 0 Å². The molecule has 0 unspecified atom stereocenters. The number of hydrogen-bond donors (Lipinski definition) is 0. The fourth-order valence-corrected chi connectivity index (χ4v) is 5.26. The summed E-state index contributed by atoms with van der Waals surface area (Å²) < 4.78 is 0. The average Bonchev–Trinajstić information content (AvgIpc) is 2.64. The molecule has 3 aromatic carbocycles. The zero-order valence-corrected chi connectivity index (χ0v) is 18.4. The molecular formula is C21H21PSY+. The van der Waals surface area contributed by atoms with Crippen LogP contribution < -0.4 is 15.9 Å². The van der Waals surface area contributed by atoms with Gasteiger partial charge in [0.25, 0.3) is 0 Å². The summed E-state index contributed by atoms with van der Waals surface area (Å²) in [5, 5.41) is 3.62. The van der Waals surface area contributed by atoms with Crippen molar-refractivity contribution in [1.82, 2.24) is 0 Å². The summed E-state index contributed by atoms with van der Waals surface area (Å²) in [6, 6.07) is 31.2. The summed E-state index contributed by atoms with van der Waals surface area (Å²) in [6.45, 7) is -2.03. The van der Waals surface area contributed by atoms with E-state index in [2.05, 4.69) is 79.1 Å². The van der Waals surface area contributed by atoms with Crippen LogP contribution in [0, 0.1) is 6.26 Å². The summed E-state index contributed by atoms with van der Waals surface area (Å²) in [6.07, 6.45) is 12.3. The maximum Gasteiger partial charge on any atom is 3.00 e. The molecule has 3 aromatic rings. The first-order chi connectivity index (χ1) is 11.2. The Labute approximate surface area is 175 Å². The largest absolute Gasteiger partial charge is 3.00 e. The van der Waals surface area contributed by atoms with Gasteiger partial charge < -0.3 is 18.1 Å². The van der Waals surface area contributed by atoms with E-state index in [1.807, 2.05) is 24.5 Å². The molecule has 0 heterocycles. The summed E-state index contributed by atoms with van der Waals surface area (Å²) in [5.41, 5.74) is 0. The summed E-state index contributed by atoms with van der Waals surface area (Å²) >= 11 is 1.50. The van der Waals surface area contributed by atoms with Crippen molar-refractivity contribution in [2.24, 2.45) is 0 Å². The van der Waals surface area contributed by atoms with Gasteiger partial charge in [-0.15, -0.1) is 0 Å². The quantitative estimate of drug-likeness (QED) is 0.442. The van der Waals surface area contributed by atoms with E-state index in [1.54, 1.807) is 0 Å². The van der Waals surface area contributed by atoms with E-state index in [9.17, 15) is 0 Å². The van der Waals surface area contributed by atoms with Gasteiger partial charge in [0, 0.05) is 0 Å². The van der Waals surface area contributed by atoms with Crippen LogP contribution >= 0.6 is 18.6 Å². The predicted octanol–water partition coefficient (Wildman–Crippen LogP) is 4.43. The average molecular weight is 425 g/mol. The van der Waals surface area contributed by atoms with Crippen molar-refractivity contribution < 1.29 is 32.7 Å². The second kappa shape index (κ2) is 11.1. The fraction of sp³-hybridized carbons (Fsp3) is 0.0476. The number of hydrogen-bond acceptors (Lipinski definition) is 1. The molecule has 0 aliphatic carbocycles. The van der Waals surface area contributed by atoms with Crippen molar-refractivity contribution in [3.05, 3.63) is 97.3 Å². The van der Waals surface area contributed by atoms with Gasteiger partial charge in [0.1, 0.15) is 0 Å². The van der Waals surface area contributed by atoms with Gasteiger partial charge in [0.05, 0.1) is 0 Å². The Bertz CT molecular complexity index is 639. The topological polar surface area (TPSA) is 0 Å². The van der Waals surface area contributed by atoms with Gasteiger partial charge in [-0.25, -0.2) is 0 Å². The standard InChI is InChI=1S/C19H16P.C2H5S.Y/c1-20(17-11-5-2-6-12-17,18-13-7-3-8-14-18)19-15-9-4-10-16-19;1-3-2;/h1-16H;1H2,2H3;/q2*-1;+3. The van der Waals surface area contributed by atoms with Gasteiger partial charge >= 0.3 is 32.7 Å². The first-order valence-corrected chi connectivity index (χ1v) is 10.6. The van der Waals surface area contributed by atoms with Crippen LogP contribution in [-0.4, -0.2) is 12.6 Å². The normalized spacial score (nSPS) is 10.1. The maximum atomic E-state index is 6.97. The molecule has 118 valence electrons. The summed E-state index contributed by atoms with van der Waals surface area (Å²) in [4.78, 5) is 0. The minimum absolute atomic E-state index is 0. The molecule has 0 aromatic heterocycles. The Morgan fingerprint density at radius 2 is 0.875 bits per heavy atom. The van der Waals surface area contributed by atoms with Gasteiger partial charge in [0.15, 0.2) is 0 Å². The first kappa shape index (κ1) is 21.5. The first-order valence-electron chi connectivity index (χ1n) is 7.36. The van der Waals surface area contributed by atoms with Crippen LogP contribution in [0.2, 0.25) is 0 Å². The third-order valence-corrected chi connectivity index (χ3v) is 6.83.